The molecule has 0 N–H and O–H groups in total. The Hall–Kier alpha value is -0.570. The number of rotatable bonds is 2. The van der Waals surface area contributed by atoms with E-state index in [1.165, 1.54) is 6.42 Å². The van der Waals surface area contributed by atoms with Crippen LogP contribution in [0, 0.1) is 5.92 Å². The maximum atomic E-state index is 5.39. The highest BCUT2D eigenvalue weighted by atomic mass is 16.7. The SMILES string of the molecule is CC1CCN(OC=NC(C)(C)C)C1. The molecular formula is C10H20N2O. The third-order valence-corrected chi connectivity index (χ3v) is 2.02. The highest BCUT2D eigenvalue weighted by molar-refractivity contribution is 5.46. The molecule has 3 nitrogen and oxygen atoms in total. The fourth-order valence-electron chi connectivity index (χ4n) is 1.24. The molecule has 1 unspecified atom stereocenters. The molecule has 0 radical (unpaired) electrons. The molecule has 1 aliphatic rings. The molecule has 0 aliphatic carbocycles. The Morgan fingerprint density at radius 3 is 2.62 bits per heavy atom. The minimum absolute atomic E-state index is 0.0364. The van der Waals surface area contributed by atoms with Crippen molar-refractivity contribution in [1.82, 2.24) is 5.06 Å². The molecule has 1 fully saturated rings. The first kappa shape index (κ1) is 10.5. The van der Waals surface area contributed by atoms with E-state index in [1.807, 2.05) is 5.06 Å². The van der Waals surface area contributed by atoms with E-state index in [-0.39, 0.29) is 5.54 Å². The Bertz CT molecular complexity index is 184. The number of hydroxylamine groups is 2. The molecule has 1 atom stereocenters. The van der Waals surface area contributed by atoms with E-state index in [1.54, 1.807) is 6.40 Å². The van der Waals surface area contributed by atoms with Crippen LogP contribution >= 0.6 is 0 Å². The molecule has 1 heterocycles. The van der Waals surface area contributed by atoms with Crippen LogP contribution in [0.1, 0.15) is 34.1 Å². The van der Waals surface area contributed by atoms with E-state index < -0.39 is 0 Å². The van der Waals surface area contributed by atoms with Gasteiger partial charge in [0.15, 0.2) is 6.40 Å². The lowest BCUT2D eigenvalue weighted by molar-refractivity contribution is -0.0460. The van der Waals surface area contributed by atoms with Crippen molar-refractivity contribution < 1.29 is 4.84 Å². The lowest BCUT2D eigenvalue weighted by Crippen LogP contribution is -2.21. The minimum Gasteiger partial charge on any atom is -0.394 e. The normalized spacial score (nSPS) is 25.7. The predicted molar refractivity (Wildman–Crippen MR) is 54.7 cm³/mol. The summed E-state index contributed by atoms with van der Waals surface area (Å²) in [4.78, 5) is 9.65. The van der Waals surface area contributed by atoms with Crippen LogP contribution in [0.5, 0.6) is 0 Å². The molecule has 1 saturated heterocycles. The van der Waals surface area contributed by atoms with E-state index in [4.69, 9.17) is 4.84 Å². The average molecular weight is 184 g/mol. The highest BCUT2D eigenvalue weighted by Crippen LogP contribution is 2.14. The molecule has 0 spiro atoms. The van der Waals surface area contributed by atoms with Crippen LogP contribution in [0.4, 0.5) is 0 Å². The van der Waals surface area contributed by atoms with Gasteiger partial charge in [-0.3, -0.25) is 4.99 Å². The quantitative estimate of drug-likeness (QED) is 0.485. The zero-order chi connectivity index (χ0) is 9.90. The summed E-state index contributed by atoms with van der Waals surface area (Å²) in [6.45, 7) is 10.5. The molecule has 0 aromatic heterocycles. The van der Waals surface area contributed by atoms with Gasteiger partial charge in [0.25, 0.3) is 0 Å². The van der Waals surface area contributed by atoms with Crippen molar-refractivity contribution in [3.05, 3.63) is 0 Å². The first-order valence-corrected chi connectivity index (χ1v) is 4.93. The fraction of sp³-hybridized carbons (Fsp3) is 0.900. The van der Waals surface area contributed by atoms with E-state index in [9.17, 15) is 0 Å². The van der Waals surface area contributed by atoms with Crippen LogP contribution < -0.4 is 0 Å². The van der Waals surface area contributed by atoms with Crippen molar-refractivity contribution >= 4 is 6.40 Å². The minimum atomic E-state index is -0.0364. The van der Waals surface area contributed by atoms with Crippen LogP contribution in [0.25, 0.3) is 0 Å². The van der Waals surface area contributed by atoms with Gasteiger partial charge in [0.05, 0.1) is 5.54 Å². The fourth-order valence-corrected chi connectivity index (χ4v) is 1.24. The van der Waals surface area contributed by atoms with Crippen LogP contribution in [-0.2, 0) is 4.84 Å². The summed E-state index contributed by atoms with van der Waals surface area (Å²) < 4.78 is 0. The first-order valence-electron chi connectivity index (χ1n) is 4.93. The van der Waals surface area contributed by atoms with Crippen molar-refractivity contribution in [2.24, 2.45) is 10.9 Å². The molecule has 0 bridgehead atoms. The van der Waals surface area contributed by atoms with Crippen LogP contribution in [0.2, 0.25) is 0 Å². The van der Waals surface area contributed by atoms with Crippen LogP contribution in [0.15, 0.2) is 4.99 Å². The predicted octanol–water partition coefficient (Wildman–Crippen LogP) is 2.09. The van der Waals surface area contributed by atoms with Crippen LogP contribution in [-0.4, -0.2) is 30.1 Å². The van der Waals surface area contributed by atoms with Crippen molar-refractivity contribution in [3.63, 3.8) is 0 Å². The zero-order valence-electron chi connectivity index (χ0n) is 9.08. The van der Waals surface area contributed by atoms with Gasteiger partial charge in [-0.2, -0.15) is 0 Å². The van der Waals surface area contributed by atoms with E-state index in [0.717, 1.165) is 19.0 Å². The van der Waals surface area contributed by atoms with Gasteiger partial charge in [-0.05, 0) is 33.1 Å². The lowest BCUT2D eigenvalue weighted by Gasteiger charge is -2.15. The number of aliphatic imine (C=N–C) groups is 1. The molecule has 1 aliphatic heterocycles. The standard InChI is InChI=1S/C10H20N2O/c1-9-5-6-12(7-9)13-8-11-10(2,3)4/h8-9H,5-7H2,1-4H3. The molecule has 1 rings (SSSR count). The Morgan fingerprint density at radius 2 is 2.15 bits per heavy atom. The third kappa shape index (κ3) is 4.27. The highest BCUT2D eigenvalue weighted by Gasteiger charge is 2.19. The molecular weight excluding hydrogens is 164 g/mol. The summed E-state index contributed by atoms with van der Waals surface area (Å²) in [6.07, 6.45) is 2.79. The molecule has 3 heteroatoms. The summed E-state index contributed by atoms with van der Waals surface area (Å²) >= 11 is 0. The maximum absolute atomic E-state index is 5.39. The van der Waals surface area contributed by atoms with Gasteiger partial charge >= 0.3 is 0 Å². The number of nitrogens with zero attached hydrogens (tertiary/aromatic N) is 2. The Morgan fingerprint density at radius 1 is 1.46 bits per heavy atom. The van der Waals surface area contributed by atoms with Crippen molar-refractivity contribution in [3.8, 4) is 0 Å². The molecule has 13 heavy (non-hydrogen) atoms. The maximum Gasteiger partial charge on any atom is 0.197 e. The molecule has 76 valence electrons. The summed E-state index contributed by atoms with van der Waals surface area (Å²) in [5.74, 6) is 0.753. The first-order chi connectivity index (χ1) is 5.97. The van der Waals surface area contributed by atoms with Gasteiger partial charge in [-0.25, -0.2) is 0 Å². The van der Waals surface area contributed by atoms with E-state index >= 15 is 0 Å². The summed E-state index contributed by atoms with van der Waals surface area (Å²) in [5, 5.41) is 1.97. The van der Waals surface area contributed by atoms with Gasteiger partial charge in [-0.1, -0.05) is 6.92 Å². The van der Waals surface area contributed by atoms with Gasteiger partial charge in [-0.15, -0.1) is 5.06 Å². The topological polar surface area (TPSA) is 24.8 Å². The second-order valence-corrected chi connectivity index (χ2v) is 4.79. The van der Waals surface area contributed by atoms with Gasteiger partial charge < -0.3 is 4.84 Å². The summed E-state index contributed by atoms with van der Waals surface area (Å²) in [5.41, 5.74) is -0.0364. The van der Waals surface area contributed by atoms with Crippen molar-refractivity contribution in [2.75, 3.05) is 13.1 Å². The summed E-state index contributed by atoms with van der Waals surface area (Å²) in [6, 6.07) is 0. The smallest absolute Gasteiger partial charge is 0.197 e. The summed E-state index contributed by atoms with van der Waals surface area (Å²) in [7, 11) is 0. The molecule has 0 aromatic rings. The van der Waals surface area contributed by atoms with Crippen molar-refractivity contribution in [2.45, 2.75) is 39.7 Å². The zero-order valence-corrected chi connectivity index (χ0v) is 9.08. The number of hydrogen-bond donors (Lipinski definition) is 0. The molecule has 0 amide bonds. The lowest BCUT2D eigenvalue weighted by atomic mass is 10.1. The third-order valence-electron chi connectivity index (χ3n) is 2.02. The van der Waals surface area contributed by atoms with Crippen molar-refractivity contribution in [1.29, 1.82) is 0 Å². The Balaban J connectivity index is 2.23. The molecule has 0 saturated carbocycles. The average Bonchev–Trinajstić information content (AvgIpc) is 2.33. The Kier molecular flexibility index (Phi) is 3.31. The van der Waals surface area contributed by atoms with E-state index in [2.05, 4.69) is 32.7 Å². The second-order valence-electron chi connectivity index (χ2n) is 4.79. The molecule has 0 aromatic carbocycles. The van der Waals surface area contributed by atoms with Gasteiger partial charge in [0.2, 0.25) is 0 Å². The van der Waals surface area contributed by atoms with Crippen LogP contribution in [0.3, 0.4) is 0 Å². The van der Waals surface area contributed by atoms with Gasteiger partial charge in [0.1, 0.15) is 0 Å². The second kappa shape index (κ2) is 4.09. The Labute approximate surface area is 80.7 Å². The van der Waals surface area contributed by atoms with E-state index in [0.29, 0.717) is 0 Å². The monoisotopic (exact) mass is 184 g/mol. The number of hydrogen-bond acceptors (Lipinski definition) is 3. The van der Waals surface area contributed by atoms with Gasteiger partial charge in [0, 0.05) is 13.1 Å². The largest absolute Gasteiger partial charge is 0.394 e.